The quantitative estimate of drug-likeness (QED) is 0.348. The van der Waals surface area contributed by atoms with E-state index in [0.717, 1.165) is 56.7 Å². The highest BCUT2D eigenvalue weighted by Crippen LogP contribution is 2.38. The molecule has 2 aromatic heterocycles. The fourth-order valence-corrected chi connectivity index (χ4v) is 5.34. The molecule has 5 rings (SSSR count). The van der Waals surface area contributed by atoms with Crippen LogP contribution < -0.4 is 10.1 Å². The summed E-state index contributed by atoms with van der Waals surface area (Å²) >= 11 is 1.48. The molecule has 1 aliphatic rings. The average Bonchev–Trinajstić information content (AvgIpc) is 3.32. The van der Waals surface area contributed by atoms with Gasteiger partial charge in [-0.05, 0) is 69.4 Å². The molecule has 32 heavy (non-hydrogen) atoms. The Morgan fingerprint density at radius 1 is 1.25 bits per heavy atom. The predicted molar refractivity (Wildman–Crippen MR) is 131 cm³/mol. The fourth-order valence-electron chi connectivity index (χ4n) is 4.37. The van der Waals surface area contributed by atoms with E-state index in [0.29, 0.717) is 11.7 Å². The molecule has 0 radical (unpaired) electrons. The maximum Gasteiger partial charge on any atom is 0.250 e. The minimum Gasteiger partial charge on any atom is -0.493 e. The van der Waals surface area contributed by atoms with Crippen LogP contribution in [-0.2, 0) is 17.6 Å². The molecule has 164 valence electrons. The van der Waals surface area contributed by atoms with E-state index in [2.05, 4.69) is 22.4 Å². The molecular formula is C26H26N2O3S. The number of aromatic nitrogens is 1. The summed E-state index contributed by atoms with van der Waals surface area (Å²) in [6, 6.07) is 10.2. The standard InChI is InChI=1S/C26H26N2O3S/c1-4-30-22-14-23-19(17-7-5-6-8-21(17)31-23)13-18(22)16(3)12-25(29)28-26-27-20-10-9-15(2)11-24(20)32-26/h9-14H,4-8H2,1-3H3,(H,27,28,29)/b16-12+. The molecule has 0 saturated carbocycles. The number of benzene rings is 2. The van der Waals surface area contributed by atoms with Crippen molar-refractivity contribution in [2.24, 2.45) is 0 Å². The smallest absolute Gasteiger partial charge is 0.250 e. The lowest BCUT2D eigenvalue weighted by Crippen LogP contribution is -2.08. The summed E-state index contributed by atoms with van der Waals surface area (Å²) in [6.07, 6.45) is 6.00. The second-order valence-electron chi connectivity index (χ2n) is 8.30. The molecule has 0 unspecified atom stereocenters. The SMILES string of the molecule is CCOc1cc2oc3c(c2cc1/C(C)=C/C(=O)Nc1nc2ccc(C)cc2s1)CCCC3. The Hall–Kier alpha value is -3.12. The van der Waals surface area contributed by atoms with Gasteiger partial charge in [0.2, 0.25) is 5.91 Å². The van der Waals surface area contributed by atoms with Crippen molar-refractivity contribution in [3.63, 3.8) is 0 Å². The number of fused-ring (bicyclic) bond motifs is 4. The van der Waals surface area contributed by atoms with Crippen LogP contribution in [-0.4, -0.2) is 17.5 Å². The van der Waals surface area contributed by atoms with Crippen LogP contribution in [0.1, 0.15) is 49.1 Å². The summed E-state index contributed by atoms with van der Waals surface area (Å²) in [4.78, 5) is 17.3. The van der Waals surface area contributed by atoms with Crippen LogP contribution in [0.5, 0.6) is 5.75 Å². The second-order valence-corrected chi connectivity index (χ2v) is 9.33. The average molecular weight is 447 g/mol. The number of rotatable bonds is 5. The number of nitrogens with one attached hydrogen (secondary N) is 1. The molecule has 5 nitrogen and oxygen atoms in total. The summed E-state index contributed by atoms with van der Waals surface area (Å²) in [5, 5.41) is 4.65. The normalized spacial score (nSPS) is 14.0. The van der Waals surface area contributed by atoms with E-state index in [-0.39, 0.29) is 5.91 Å². The zero-order valence-corrected chi connectivity index (χ0v) is 19.4. The Morgan fingerprint density at radius 3 is 2.94 bits per heavy atom. The third-order valence-corrected chi connectivity index (χ3v) is 6.84. The zero-order chi connectivity index (χ0) is 22.2. The van der Waals surface area contributed by atoms with Crippen molar-refractivity contribution in [1.82, 2.24) is 4.98 Å². The molecular weight excluding hydrogens is 420 g/mol. The Kier molecular flexibility index (Phi) is 5.47. The third-order valence-electron chi connectivity index (χ3n) is 5.90. The number of carbonyl (C=O) groups is 1. The van der Waals surface area contributed by atoms with E-state index in [1.54, 1.807) is 6.08 Å². The van der Waals surface area contributed by atoms with Gasteiger partial charge in [-0.3, -0.25) is 10.1 Å². The fraction of sp³-hybridized carbons (Fsp3) is 0.308. The van der Waals surface area contributed by atoms with Crippen LogP contribution >= 0.6 is 11.3 Å². The number of aryl methyl sites for hydroxylation is 3. The van der Waals surface area contributed by atoms with E-state index < -0.39 is 0 Å². The highest BCUT2D eigenvalue weighted by molar-refractivity contribution is 7.22. The van der Waals surface area contributed by atoms with Gasteiger partial charge in [0.15, 0.2) is 5.13 Å². The molecule has 0 aliphatic heterocycles. The van der Waals surface area contributed by atoms with Crippen molar-refractivity contribution in [2.45, 2.75) is 46.5 Å². The molecule has 4 aromatic rings. The van der Waals surface area contributed by atoms with Crippen molar-refractivity contribution in [3.8, 4) is 5.75 Å². The lowest BCUT2D eigenvalue weighted by Gasteiger charge is -2.12. The largest absolute Gasteiger partial charge is 0.493 e. The molecule has 0 atom stereocenters. The summed E-state index contributed by atoms with van der Waals surface area (Å²) < 4.78 is 13.1. The molecule has 1 aliphatic carbocycles. The first-order chi connectivity index (χ1) is 15.5. The molecule has 0 fully saturated rings. The van der Waals surface area contributed by atoms with Crippen LogP contribution in [0.15, 0.2) is 40.8 Å². The molecule has 0 spiro atoms. The number of furan rings is 1. The van der Waals surface area contributed by atoms with Crippen LogP contribution in [0.2, 0.25) is 0 Å². The van der Waals surface area contributed by atoms with Gasteiger partial charge in [0.1, 0.15) is 17.1 Å². The number of anilines is 1. The van der Waals surface area contributed by atoms with E-state index in [9.17, 15) is 4.79 Å². The van der Waals surface area contributed by atoms with Crippen molar-refractivity contribution in [3.05, 3.63) is 58.9 Å². The monoisotopic (exact) mass is 446 g/mol. The van der Waals surface area contributed by atoms with E-state index >= 15 is 0 Å². The number of ether oxygens (including phenoxy) is 1. The van der Waals surface area contributed by atoms with Gasteiger partial charge in [-0.25, -0.2) is 4.98 Å². The predicted octanol–water partition coefficient (Wildman–Crippen LogP) is 6.67. The van der Waals surface area contributed by atoms with Gasteiger partial charge in [-0.2, -0.15) is 0 Å². The molecule has 2 aromatic carbocycles. The van der Waals surface area contributed by atoms with Gasteiger partial charge >= 0.3 is 0 Å². The third kappa shape index (κ3) is 3.91. The minimum absolute atomic E-state index is 0.199. The Balaban J connectivity index is 1.46. The minimum atomic E-state index is -0.199. The van der Waals surface area contributed by atoms with Crippen molar-refractivity contribution in [2.75, 3.05) is 11.9 Å². The van der Waals surface area contributed by atoms with Crippen LogP contribution in [0.3, 0.4) is 0 Å². The topological polar surface area (TPSA) is 64.4 Å². The van der Waals surface area contributed by atoms with Crippen molar-refractivity contribution >= 4 is 49.1 Å². The zero-order valence-electron chi connectivity index (χ0n) is 18.6. The van der Waals surface area contributed by atoms with E-state index in [1.807, 2.05) is 39.0 Å². The number of thiazole rings is 1. The molecule has 1 N–H and O–H groups in total. The molecule has 1 amide bonds. The van der Waals surface area contributed by atoms with Gasteiger partial charge in [0, 0.05) is 35.1 Å². The molecule has 0 saturated heterocycles. The van der Waals surface area contributed by atoms with Gasteiger partial charge in [-0.1, -0.05) is 17.4 Å². The number of allylic oxidation sites excluding steroid dienone is 1. The Morgan fingerprint density at radius 2 is 2.09 bits per heavy atom. The maximum absolute atomic E-state index is 12.8. The van der Waals surface area contributed by atoms with Crippen LogP contribution in [0, 0.1) is 6.92 Å². The summed E-state index contributed by atoms with van der Waals surface area (Å²) in [7, 11) is 0. The molecule has 0 bridgehead atoms. The molecule has 6 heteroatoms. The number of amides is 1. The lowest BCUT2D eigenvalue weighted by atomic mass is 9.94. The second kappa shape index (κ2) is 8.43. The van der Waals surface area contributed by atoms with Crippen molar-refractivity contribution in [1.29, 1.82) is 0 Å². The van der Waals surface area contributed by atoms with E-state index in [4.69, 9.17) is 9.15 Å². The lowest BCUT2D eigenvalue weighted by molar-refractivity contribution is -0.111. The number of hydrogen-bond donors (Lipinski definition) is 1. The van der Waals surface area contributed by atoms with Crippen LogP contribution in [0.25, 0.3) is 26.8 Å². The first-order valence-corrected chi connectivity index (χ1v) is 11.9. The Labute approximate surface area is 191 Å². The first kappa shape index (κ1) is 20.8. The number of nitrogens with zero attached hydrogens (tertiary/aromatic N) is 1. The van der Waals surface area contributed by atoms with Gasteiger partial charge < -0.3 is 9.15 Å². The Bertz CT molecular complexity index is 1360. The van der Waals surface area contributed by atoms with Gasteiger partial charge in [0.25, 0.3) is 0 Å². The highest BCUT2D eigenvalue weighted by Gasteiger charge is 2.20. The highest BCUT2D eigenvalue weighted by atomic mass is 32.1. The maximum atomic E-state index is 12.8. The van der Waals surface area contributed by atoms with Gasteiger partial charge in [-0.15, -0.1) is 0 Å². The summed E-state index contributed by atoms with van der Waals surface area (Å²) in [5.41, 5.74) is 6.00. The molecule has 2 heterocycles. The van der Waals surface area contributed by atoms with E-state index in [1.165, 1.54) is 35.3 Å². The summed E-state index contributed by atoms with van der Waals surface area (Å²) in [5.74, 6) is 1.63. The van der Waals surface area contributed by atoms with Crippen LogP contribution in [0.4, 0.5) is 5.13 Å². The van der Waals surface area contributed by atoms with Gasteiger partial charge in [0.05, 0.1) is 16.8 Å². The van der Waals surface area contributed by atoms with Crippen molar-refractivity contribution < 1.29 is 13.9 Å². The number of hydrogen-bond acceptors (Lipinski definition) is 5. The first-order valence-electron chi connectivity index (χ1n) is 11.1. The number of carbonyl (C=O) groups excluding carboxylic acids is 1. The summed E-state index contributed by atoms with van der Waals surface area (Å²) in [6.45, 7) is 6.50.